The van der Waals surface area contributed by atoms with Gasteiger partial charge >= 0.3 is 0 Å². The van der Waals surface area contributed by atoms with Crippen molar-refractivity contribution >= 4 is 11.8 Å². The highest BCUT2D eigenvalue weighted by Gasteiger charge is 2.00. The summed E-state index contributed by atoms with van der Waals surface area (Å²) < 4.78 is 0. The van der Waals surface area contributed by atoms with Crippen LogP contribution < -0.4 is 0 Å². The van der Waals surface area contributed by atoms with Gasteiger partial charge in [0.25, 0.3) is 0 Å². The van der Waals surface area contributed by atoms with Crippen LogP contribution in [0.15, 0.2) is 12.7 Å². The summed E-state index contributed by atoms with van der Waals surface area (Å²) in [6, 6.07) is 0. The topological polar surface area (TPSA) is 20.2 Å². The number of rotatable bonds is 11. The molecule has 0 aromatic rings. The Labute approximate surface area is 99.3 Å². The van der Waals surface area contributed by atoms with Crippen molar-refractivity contribution < 1.29 is 5.11 Å². The molecule has 0 spiro atoms. The van der Waals surface area contributed by atoms with E-state index in [0.717, 1.165) is 12.2 Å². The summed E-state index contributed by atoms with van der Waals surface area (Å²) >= 11 is 1.87. The Hall–Kier alpha value is 0.0500. The Morgan fingerprint density at radius 1 is 1.20 bits per heavy atom. The van der Waals surface area contributed by atoms with Crippen molar-refractivity contribution in [3.05, 3.63) is 12.7 Å². The Morgan fingerprint density at radius 3 is 2.53 bits per heavy atom. The fraction of sp³-hybridized carbons (Fsp3) is 0.846. The van der Waals surface area contributed by atoms with Crippen LogP contribution >= 0.6 is 11.8 Å². The fourth-order valence-corrected chi connectivity index (χ4v) is 2.45. The van der Waals surface area contributed by atoms with Crippen LogP contribution in [0.2, 0.25) is 0 Å². The maximum atomic E-state index is 9.43. The Kier molecular flexibility index (Phi) is 12.2. The van der Waals surface area contributed by atoms with E-state index in [0.29, 0.717) is 0 Å². The summed E-state index contributed by atoms with van der Waals surface area (Å²) in [5.74, 6) is 2.06. The van der Waals surface area contributed by atoms with Crippen LogP contribution in [0.5, 0.6) is 0 Å². The minimum Gasteiger partial charge on any atom is -0.392 e. The SMILES string of the molecule is C=CCC(O)CSCCCCCCCC. The van der Waals surface area contributed by atoms with E-state index in [1.54, 1.807) is 6.08 Å². The van der Waals surface area contributed by atoms with Crippen molar-refractivity contribution in [3.8, 4) is 0 Å². The van der Waals surface area contributed by atoms with Gasteiger partial charge in [-0.2, -0.15) is 11.8 Å². The molecule has 0 rings (SSSR count). The highest BCUT2D eigenvalue weighted by Crippen LogP contribution is 2.11. The smallest absolute Gasteiger partial charge is 0.0664 e. The van der Waals surface area contributed by atoms with Crippen LogP contribution in [0.1, 0.15) is 51.9 Å². The van der Waals surface area contributed by atoms with Crippen molar-refractivity contribution in [1.82, 2.24) is 0 Å². The summed E-state index contributed by atoms with van der Waals surface area (Å²) in [7, 11) is 0. The first-order chi connectivity index (χ1) is 7.31. The maximum absolute atomic E-state index is 9.43. The Balaban J connectivity index is 3.01. The normalized spacial score (nSPS) is 12.7. The molecule has 0 aliphatic carbocycles. The molecule has 1 N–H and O–H groups in total. The maximum Gasteiger partial charge on any atom is 0.0664 e. The first-order valence-electron chi connectivity index (χ1n) is 6.18. The molecule has 0 aromatic heterocycles. The lowest BCUT2D eigenvalue weighted by atomic mass is 10.1. The van der Waals surface area contributed by atoms with Gasteiger partial charge in [-0.05, 0) is 18.6 Å². The zero-order valence-electron chi connectivity index (χ0n) is 10.1. The van der Waals surface area contributed by atoms with Gasteiger partial charge in [-0.25, -0.2) is 0 Å². The van der Waals surface area contributed by atoms with Gasteiger partial charge in [-0.1, -0.05) is 45.1 Å². The van der Waals surface area contributed by atoms with Crippen molar-refractivity contribution in [1.29, 1.82) is 0 Å². The molecule has 90 valence electrons. The van der Waals surface area contributed by atoms with Crippen LogP contribution in [-0.2, 0) is 0 Å². The first-order valence-corrected chi connectivity index (χ1v) is 7.33. The zero-order chi connectivity index (χ0) is 11.4. The summed E-state index contributed by atoms with van der Waals surface area (Å²) in [6.45, 7) is 5.86. The molecular weight excluding hydrogens is 204 g/mol. The Morgan fingerprint density at radius 2 is 1.87 bits per heavy atom. The Bertz CT molecular complexity index is 136. The lowest BCUT2D eigenvalue weighted by Crippen LogP contribution is -2.08. The number of hydrogen-bond donors (Lipinski definition) is 1. The van der Waals surface area contributed by atoms with E-state index in [-0.39, 0.29) is 6.10 Å². The molecule has 2 heteroatoms. The molecule has 0 heterocycles. The van der Waals surface area contributed by atoms with Crippen molar-refractivity contribution in [2.24, 2.45) is 0 Å². The predicted molar refractivity (Wildman–Crippen MR) is 71.5 cm³/mol. The monoisotopic (exact) mass is 230 g/mol. The molecule has 0 amide bonds. The van der Waals surface area contributed by atoms with E-state index in [2.05, 4.69) is 13.5 Å². The molecule has 1 atom stereocenters. The van der Waals surface area contributed by atoms with E-state index >= 15 is 0 Å². The third-order valence-electron chi connectivity index (χ3n) is 2.39. The molecule has 1 nitrogen and oxygen atoms in total. The molecular formula is C13H26OS. The molecule has 0 bridgehead atoms. The molecule has 0 aliphatic heterocycles. The fourth-order valence-electron chi connectivity index (χ4n) is 1.46. The molecule has 15 heavy (non-hydrogen) atoms. The summed E-state index contributed by atoms with van der Waals surface area (Å²) in [5, 5.41) is 9.43. The predicted octanol–water partition coefficient (Wildman–Crippen LogP) is 4.02. The van der Waals surface area contributed by atoms with Crippen LogP contribution in [-0.4, -0.2) is 22.7 Å². The number of aliphatic hydroxyl groups is 1. The minimum atomic E-state index is -0.187. The van der Waals surface area contributed by atoms with Crippen molar-refractivity contribution in [3.63, 3.8) is 0 Å². The van der Waals surface area contributed by atoms with Gasteiger partial charge in [0.05, 0.1) is 6.10 Å². The van der Waals surface area contributed by atoms with Crippen molar-refractivity contribution in [2.75, 3.05) is 11.5 Å². The third kappa shape index (κ3) is 12.0. The number of thioether (sulfide) groups is 1. The third-order valence-corrected chi connectivity index (χ3v) is 3.59. The largest absolute Gasteiger partial charge is 0.392 e. The van der Waals surface area contributed by atoms with Gasteiger partial charge in [0, 0.05) is 5.75 Å². The second-order valence-electron chi connectivity index (χ2n) is 4.02. The molecule has 0 fully saturated rings. The summed E-state index contributed by atoms with van der Waals surface area (Å²) in [4.78, 5) is 0. The van der Waals surface area contributed by atoms with Gasteiger partial charge < -0.3 is 5.11 Å². The van der Waals surface area contributed by atoms with E-state index in [4.69, 9.17) is 0 Å². The average molecular weight is 230 g/mol. The van der Waals surface area contributed by atoms with Crippen LogP contribution in [0.3, 0.4) is 0 Å². The quantitative estimate of drug-likeness (QED) is 0.427. The number of unbranched alkanes of at least 4 members (excludes halogenated alkanes) is 5. The molecule has 0 radical (unpaired) electrons. The second-order valence-corrected chi connectivity index (χ2v) is 5.17. The molecule has 0 saturated heterocycles. The summed E-state index contributed by atoms with van der Waals surface area (Å²) in [5.41, 5.74) is 0. The lowest BCUT2D eigenvalue weighted by Gasteiger charge is -2.07. The van der Waals surface area contributed by atoms with Gasteiger partial charge in [0.15, 0.2) is 0 Å². The van der Waals surface area contributed by atoms with E-state index in [9.17, 15) is 5.11 Å². The van der Waals surface area contributed by atoms with E-state index in [1.165, 1.54) is 44.3 Å². The van der Waals surface area contributed by atoms with Crippen LogP contribution in [0.25, 0.3) is 0 Å². The number of hydrogen-bond acceptors (Lipinski definition) is 2. The van der Waals surface area contributed by atoms with E-state index < -0.39 is 0 Å². The highest BCUT2D eigenvalue weighted by atomic mass is 32.2. The molecule has 0 saturated carbocycles. The number of aliphatic hydroxyl groups excluding tert-OH is 1. The van der Waals surface area contributed by atoms with Gasteiger partial charge in [0.1, 0.15) is 0 Å². The molecule has 0 aliphatic rings. The second kappa shape index (κ2) is 12.1. The van der Waals surface area contributed by atoms with Crippen molar-refractivity contribution in [2.45, 2.75) is 58.0 Å². The minimum absolute atomic E-state index is 0.187. The zero-order valence-corrected chi connectivity index (χ0v) is 10.9. The summed E-state index contributed by atoms with van der Waals surface area (Å²) in [6.07, 6.45) is 10.4. The van der Waals surface area contributed by atoms with Gasteiger partial charge in [-0.3, -0.25) is 0 Å². The van der Waals surface area contributed by atoms with Gasteiger partial charge in [0.2, 0.25) is 0 Å². The molecule has 0 aromatic carbocycles. The van der Waals surface area contributed by atoms with E-state index in [1.807, 2.05) is 11.8 Å². The van der Waals surface area contributed by atoms with Gasteiger partial charge in [-0.15, -0.1) is 6.58 Å². The van der Waals surface area contributed by atoms with Crippen LogP contribution in [0, 0.1) is 0 Å². The lowest BCUT2D eigenvalue weighted by molar-refractivity contribution is 0.203. The molecule has 1 unspecified atom stereocenters. The standard InChI is InChI=1S/C13H26OS/c1-3-5-6-7-8-9-11-15-12-13(14)10-4-2/h4,13-14H,2-3,5-12H2,1H3. The highest BCUT2D eigenvalue weighted by molar-refractivity contribution is 7.99. The first kappa shape index (κ1) is 15.0. The van der Waals surface area contributed by atoms with Crippen LogP contribution in [0.4, 0.5) is 0 Å². The average Bonchev–Trinajstić information content (AvgIpc) is 2.22.